The van der Waals surface area contributed by atoms with Crippen LogP contribution in [0.3, 0.4) is 0 Å². The molecule has 0 fully saturated rings. The Hall–Kier alpha value is -3.18. The summed E-state index contributed by atoms with van der Waals surface area (Å²) in [6.45, 7) is 0. The normalized spacial score (nSPS) is 11.9. The fourth-order valence-corrected chi connectivity index (χ4v) is 4.78. The van der Waals surface area contributed by atoms with Crippen molar-refractivity contribution in [3.05, 3.63) is 78.9 Å². The second-order valence-electron chi connectivity index (χ2n) is 7.16. The van der Waals surface area contributed by atoms with Gasteiger partial charge in [0.25, 0.3) is 19.7 Å². The molecule has 4 rings (SSSR count). The summed E-state index contributed by atoms with van der Waals surface area (Å²) in [7, 11) is -4.02. The van der Waals surface area contributed by atoms with Gasteiger partial charge in [-0.15, -0.1) is 0 Å². The van der Waals surface area contributed by atoms with Gasteiger partial charge in [-0.05, 0) is 42.5 Å². The third-order valence-electron chi connectivity index (χ3n) is 4.83. The van der Waals surface area contributed by atoms with Crippen LogP contribution in [0.25, 0.3) is 22.0 Å². The minimum Gasteiger partial charge on any atom is -0.292 e. The number of urea groups is 1. The van der Waals surface area contributed by atoms with E-state index in [4.69, 9.17) is 34.8 Å². The van der Waals surface area contributed by atoms with E-state index in [9.17, 15) is 22.4 Å². The van der Waals surface area contributed by atoms with Gasteiger partial charge in [0, 0.05) is 28.9 Å². The molecule has 0 aliphatic rings. The van der Waals surface area contributed by atoms with E-state index in [2.05, 4.69) is 10.3 Å². The highest BCUT2D eigenvalue weighted by Crippen LogP contribution is 2.33. The van der Waals surface area contributed by atoms with Crippen LogP contribution in [0.4, 0.5) is 15.0 Å². The van der Waals surface area contributed by atoms with Crippen LogP contribution < -0.4 is 10.6 Å². The van der Waals surface area contributed by atoms with Crippen LogP contribution in [-0.4, -0.2) is 33.1 Å². The van der Waals surface area contributed by atoms with Crippen LogP contribution in [-0.2, 0) is 14.8 Å². The molecule has 13 heteroatoms. The number of hydrogen-bond donors (Lipinski definition) is 2. The molecule has 0 atom stereocenters. The van der Waals surface area contributed by atoms with Gasteiger partial charge in [-0.3, -0.25) is 15.4 Å². The third kappa shape index (κ3) is 5.25. The SMILES string of the molecule is O=C(NC(=O)C(Cl)(Cl)Cl)Nc1ccc(-c2cn(S(=O)(=O)c3ccccc3)c3cc(F)ccc23)cn1. The molecule has 180 valence electrons. The van der Waals surface area contributed by atoms with E-state index in [0.717, 1.165) is 10.0 Å². The zero-order chi connectivity index (χ0) is 25.4. The number of benzene rings is 2. The number of pyridine rings is 1. The van der Waals surface area contributed by atoms with Crippen molar-refractivity contribution in [2.24, 2.45) is 0 Å². The van der Waals surface area contributed by atoms with Gasteiger partial charge in [0.2, 0.25) is 0 Å². The fraction of sp³-hybridized carbons (Fsp3) is 0.0455. The number of alkyl halides is 3. The van der Waals surface area contributed by atoms with E-state index in [1.165, 1.54) is 42.7 Å². The highest BCUT2D eigenvalue weighted by molar-refractivity contribution is 7.90. The van der Waals surface area contributed by atoms with Gasteiger partial charge in [0.15, 0.2) is 0 Å². The first-order valence-electron chi connectivity index (χ1n) is 9.73. The molecule has 2 aromatic carbocycles. The Balaban J connectivity index is 1.68. The van der Waals surface area contributed by atoms with Gasteiger partial charge in [0.1, 0.15) is 11.6 Å². The lowest BCUT2D eigenvalue weighted by atomic mass is 10.1. The summed E-state index contributed by atoms with van der Waals surface area (Å²) >= 11 is 16.2. The zero-order valence-electron chi connectivity index (χ0n) is 17.4. The summed E-state index contributed by atoms with van der Waals surface area (Å²) in [4.78, 5) is 27.6. The monoisotopic (exact) mass is 554 g/mol. The van der Waals surface area contributed by atoms with Gasteiger partial charge in [-0.1, -0.05) is 53.0 Å². The van der Waals surface area contributed by atoms with Gasteiger partial charge >= 0.3 is 6.03 Å². The Morgan fingerprint density at radius 3 is 2.34 bits per heavy atom. The standard InChI is InChI=1S/C22H14Cl3FN4O4S/c23-22(24,25)20(31)29-21(32)28-19-9-6-13(11-27-19)17-12-30(18-10-14(26)7-8-16(17)18)35(33,34)15-4-2-1-3-5-15/h1-12H,(H2,27,28,29,31,32). The van der Waals surface area contributed by atoms with Crippen LogP contribution >= 0.6 is 34.8 Å². The lowest BCUT2D eigenvalue weighted by Crippen LogP contribution is -2.41. The lowest BCUT2D eigenvalue weighted by Gasteiger charge is -2.11. The summed E-state index contributed by atoms with van der Waals surface area (Å²) < 4.78 is 39.2. The summed E-state index contributed by atoms with van der Waals surface area (Å²) in [6, 6.07) is 13.6. The summed E-state index contributed by atoms with van der Waals surface area (Å²) in [5, 5.41) is 4.63. The van der Waals surface area contributed by atoms with E-state index >= 15 is 0 Å². The van der Waals surface area contributed by atoms with Crippen molar-refractivity contribution < 1.29 is 22.4 Å². The van der Waals surface area contributed by atoms with Crippen molar-refractivity contribution in [3.8, 4) is 11.1 Å². The van der Waals surface area contributed by atoms with Crippen molar-refractivity contribution in [2.75, 3.05) is 5.32 Å². The largest absolute Gasteiger partial charge is 0.327 e. The molecule has 0 bridgehead atoms. The smallest absolute Gasteiger partial charge is 0.292 e. The van der Waals surface area contributed by atoms with Crippen LogP contribution in [0.15, 0.2) is 78.0 Å². The van der Waals surface area contributed by atoms with Gasteiger partial charge in [-0.2, -0.15) is 0 Å². The molecule has 0 saturated carbocycles. The number of hydrogen-bond acceptors (Lipinski definition) is 5. The topological polar surface area (TPSA) is 110 Å². The maximum Gasteiger partial charge on any atom is 0.327 e. The molecule has 0 aliphatic carbocycles. The molecule has 2 N–H and O–H groups in total. The van der Waals surface area contributed by atoms with Crippen LogP contribution in [0.2, 0.25) is 0 Å². The van der Waals surface area contributed by atoms with Gasteiger partial charge in [0.05, 0.1) is 10.4 Å². The van der Waals surface area contributed by atoms with E-state index in [0.29, 0.717) is 16.5 Å². The minimum atomic E-state index is -4.02. The highest BCUT2D eigenvalue weighted by atomic mass is 35.6. The number of amides is 3. The molecule has 35 heavy (non-hydrogen) atoms. The zero-order valence-corrected chi connectivity index (χ0v) is 20.5. The van der Waals surface area contributed by atoms with E-state index in [1.807, 2.05) is 5.32 Å². The molecule has 0 spiro atoms. The van der Waals surface area contributed by atoms with Crippen molar-refractivity contribution in [2.45, 2.75) is 8.69 Å². The first kappa shape index (κ1) is 24.9. The number of halogens is 4. The van der Waals surface area contributed by atoms with Crippen LogP contribution in [0.1, 0.15) is 0 Å². The molecule has 2 heterocycles. The van der Waals surface area contributed by atoms with Crippen molar-refractivity contribution in [3.63, 3.8) is 0 Å². The molecular formula is C22H14Cl3FN4O4S. The molecule has 8 nitrogen and oxygen atoms in total. The Morgan fingerprint density at radius 1 is 1.00 bits per heavy atom. The number of aromatic nitrogens is 2. The number of rotatable bonds is 4. The Labute approximate surface area is 213 Å². The van der Waals surface area contributed by atoms with Crippen LogP contribution in [0, 0.1) is 5.82 Å². The van der Waals surface area contributed by atoms with Gasteiger partial charge < -0.3 is 0 Å². The minimum absolute atomic E-state index is 0.0424. The third-order valence-corrected chi connectivity index (χ3v) is 7.04. The molecule has 0 aliphatic heterocycles. The number of carbonyl (C=O) groups excluding carboxylic acids is 2. The maximum atomic E-state index is 14.0. The Kier molecular flexibility index (Phi) is 6.74. The molecule has 4 aromatic rings. The summed E-state index contributed by atoms with van der Waals surface area (Å²) in [5.74, 6) is -1.67. The van der Waals surface area contributed by atoms with Crippen molar-refractivity contribution in [1.82, 2.24) is 14.3 Å². The molecular weight excluding hydrogens is 542 g/mol. The Bertz CT molecular complexity index is 1540. The quantitative estimate of drug-likeness (QED) is 0.341. The first-order valence-corrected chi connectivity index (χ1v) is 12.3. The van der Waals surface area contributed by atoms with E-state index in [-0.39, 0.29) is 16.2 Å². The number of nitrogens with zero attached hydrogens (tertiary/aromatic N) is 2. The first-order chi connectivity index (χ1) is 16.5. The highest BCUT2D eigenvalue weighted by Gasteiger charge is 2.32. The van der Waals surface area contributed by atoms with Gasteiger partial charge in [-0.25, -0.2) is 26.6 Å². The number of carbonyl (C=O) groups is 2. The van der Waals surface area contributed by atoms with E-state index in [1.54, 1.807) is 24.3 Å². The second kappa shape index (κ2) is 9.46. The number of anilines is 1. The number of nitrogens with one attached hydrogen (secondary N) is 2. The molecule has 0 radical (unpaired) electrons. The van der Waals surface area contributed by atoms with Crippen molar-refractivity contribution in [1.29, 1.82) is 0 Å². The average molecular weight is 556 g/mol. The van der Waals surface area contributed by atoms with Crippen LogP contribution in [0.5, 0.6) is 0 Å². The number of fused-ring (bicyclic) bond motifs is 1. The summed E-state index contributed by atoms with van der Waals surface area (Å²) in [6.07, 6.45) is 2.76. The molecule has 3 amide bonds. The maximum absolute atomic E-state index is 14.0. The number of imide groups is 1. The average Bonchev–Trinajstić information content (AvgIpc) is 3.19. The summed E-state index contributed by atoms with van der Waals surface area (Å²) in [5.41, 5.74) is 1.11. The predicted molar refractivity (Wildman–Crippen MR) is 132 cm³/mol. The van der Waals surface area contributed by atoms with Crippen molar-refractivity contribution >= 4 is 73.5 Å². The molecule has 0 unspecified atom stereocenters. The molecule has 2 aromatic heterocycles. The molecule has 0 saturated heterocycles. The predicted octanol–water partition coefficient (Wildman–Crippen LogP) is 5.10. The fourth-order valence-electron chi connectivity index (χ4n) is 3.25. The lowest BCUT2D eigenvalue weighted by molar-refractivity contribution is -0.119. The Morgan fingerprint density at radius 2 is 1.71 bits per heavy atom. The second-order valence-corrected chi connectivity index (χ2v) is 11.3. The van der Waals surface area contributed by atoms with E-state index < -0.39 is 31.6 Å².